The zero-order valence-corrected chi connectivity index (χ0v) is 15.3. The van der Waals surface area contributed by atoms with E-state index in [1.165, 1.54) is 64.2 Å². The first-order chi connectivity index (χ1) is 7.70. The molecule has 2 heteroatoms. The van der Waals surface area contributed by atoms with E-state index < -0.39 is 0 Å². The molecule has 0 aromatic heterocycles. The number of unbranched alkanes of at least 4 members (excludes halogenated alkanes) is 4. The molecule has 0 N–H and O–H groups in total. The molecule has 0 aliphatic rings. The van der Waals surface area contributed by atoms with Gasteiger partial charge in [0.05, 0.1) is 0 Å². The SMILES string of the molecule is CCCCCCC(I)CCCC[C@H](I)CC. The number of alkyl halides is 2. The lowest BCUT2D eigenvalue weighted by atomic mass is 10.1. The number of hydrogen-bond donors (Lipinski definition) is 0. The lowest BCUT2D eigenvalue weighted by molar-refractivity contribution is 0.573. The Kier molecular flexibility index (Phi) is 14.1. The van der Waals surface area contributed by atoms with E-state index in [0.717, 1.165) is 7.85 Å². The fourth-order valence-electron chi connectivity index (χ4n) is 1.87. The number of halogens is 2. The molecule has 0 bridgehead atoms. The lowest BCUT2D eigenvalue weighted by Gasteiger charge is -2.10. The van der Waals surface area contributed by atoms with Crippen LogP contribution in [0.15, 0.2) is 0 Å². The first-order valence-corrected chi connectivity index (χ1v) is 9.47. The molecule has 0 aromatic rings. The van der Waals surface area contributed by atoms with Gasteiger partial charge in [0.2, 0.25) is 0 Å². The molecule has 0 spiro atoms. The van der Waals surface area contributed by atoms with Crippen LogP contribution in [-0.4, -0.2) is 7.85 Å². The van der Waals surface area contributed by atoms with Gasteiger partial charge in [-0.25, -0.2) is 0 Å². The Hall–Kier alpha value is 1.46. The molecule has 0 saturated heterocycles. The summed E-state index contributed by atoms with van der Waals surface area (Å²) in [6.45, 7) is 4.59. The van der Waals surface area contributed by atoms with Gasteiger partial charge in [-0.15, -0.1) is 0 Å². The summed E-state index contributed by atoms with van der Waals surface area (Å²) >= 11 is 5.25. The van der Waals surface area contributed by atoms with Crippen molar-refractivity contribution in [3.63, 3.8) is 0 Å². The Balaban J connectivity index is 3.20. The van der Waals surface area contributed by atoms with Crippen LogP contribution in [0.25, 0.3) is 0 Å². The summed E-state index contributed by atoms with van der Waals surface area (Å²) in [6.07, 6.45) is 14.2. The minimum atomic E-state index is 0.912. The molecule has 0 radical (unpaired) electrons. The minimum Gasteiger partial charge on any atom is -0.0826 e. The van der Waals surface area contributed by atoms with Gasteiger partial charge in [0.15, 0.2) is 0 Å². The van der Waals surface area contributed by atoms with Crippen molar-refractivity contribution in [2.75, 3.05) is 0 Å². The number of rotatable bonds is 11. The van der Waals surface area contributed by atoms with Gasteiger partial charge in [-0.05, 0) is 25.7 Å². The quantitative estimate of drug-likeness (QED) is 0.191. The summed E-state index contributed by atoms with van der Waals surface area (Å²) in [4.78, 5) is 0. The normalized spacial score (nSPS) is 15.0. The molecule has 0 rings (SSSR count). The van der Waals surface area contributed by atoms with E-state index in [-0.39, 0.29) is 0 Å². The van der Waals surface area contributed by atoms with Crippen molar-refractivity contribution in [3.8, 4) is 0 Å². The van der Waals surface area contributed by atoms with Crippen LogP contribution in [0.2, 0.25) is 0 Å². The molecule has 98 valence electrons. The third kappa shape index (κ3) is 11.9. The van der Waals surface area contributed by atoms with Crippen molar-refractivity contribution in [2.45, 2.75) is 85.9 Å². The summed E-state index contributed by atoms with van der Waals surface area (Å²) < 4.78 is 1.85. The molecule has 0 saturated carbocycles. The van der Waals surface area contributed by atoms with Gasteiger partial charge in [0, 0.05) is 7.85 Å². The van der Waals surface area contributed by atoms with E-state index >= 15 is 0 Å². The van der Waals surface area contributed by atoms with Crippen LogP contribution in [0.5, 0.6) is 0 Å². The maximum absolute atomic E-state index is 2.66. The second-order valence-electron chi connectivity index (χ2n) is 4.74. The predicted octanol–water partition coefficient (Wildman–Crippen LogP) is 6.53. The van der Waals surface area contributed by atoms with Crippen molar-refractivity contribution in [2.24, 2.45) is 0 Å². The highest BCUT2D eigenvalue weighted by Gasteiger charge is 2.05. The van der Waals surface area contributed by atoms with Crippen LogP contribution < -0.4 is 0 Å². The molecular formula is C14H28I2. The van der Waals surface area contributed by atoms with Crippen molar-refractivity contribution in [1.29, 1.82) is 0 Å². The Morgan fingerprint density at radius 2 is 1.19 bits per heavy atom. The fourth-order valence-corrected chi connectivity index (χ4v) is 3.19. The van der Waals surface area contributed by atoms with Crippen LogP contribution in [0, 0.1) is 0 Å². The third-order valence-electron chi connectivity index (χ3n) is 3.10. The molecule has 0 fully saturated rings. The van der Waals surface area contributed by atoms with Gasteiger partial charge >= 0.3 is 0 Å². The largest absolute Gasteiger partial charge is 0.0826 e. The molecule has 0 aliphatic heterocycles. The first-order valence-electron chi connectivity index (χ1n) is 6.98. The zero-order chi connectivity index (χ0) is 12.2. The zero-order valence-electron chi connectivity index (χ0n) is 11.0. The summed E-state index contributed by atoms with van der Waals surface area (Å²) in [6, 6.07) is 0. The van der Waals surface area contributed by atoms with E-state index in [9.17, 15) is 0 Å². The van der Waals surface area contributed by atoms with Gasteiger partial charge in [0.1, 0.15) is 0 Å². The van der Waals surface area contributed by atoms with Gasteiger partial charge in [-0.1, -0.05) is 97.6 Å². The Morgan fingerprint density at radius 3 is 1.69 bits per heavy atom. The molecule has 0 amide bonds. The fraction of sp³-hybridized carbons (Fsp3) is 1.00. The van der Waals surface area contributed by atoms with Crippen molar-refractivity contribution < 1.29 is 0 Å². The Morgan fingerprint density at radius 1 is 0.688 bits per heavy atom. The monoisotopic (exact) mass is 450 g/mol. The maximum Gasteiger partial charge on any atom is 0.0110 e. The standard InChI is InChI=1S/C14H28I2/c1-3-5-6-7-11-14(16)12-9-8-10-13(15)4-2/h13-14H,3-12H2,1-2H3/t13-,14?/m1/s1. The molecule has 1 unspecified atom stereocenters. The van der Waals surface area contributed by atoms with Gasteiger partial charge < -0.3 is 0 Å². The highest BCUT2D eigenvalue weighted by Crippen LogP contribution is 2.20. The second kappa shape index (κ2) is 12.9. The summed E-state index contributed by atoms with van der Waals surface area (Å²) in [5.41, 5.74) is 0. The molecule has 2 atom stereocenters. The molecule has 0 aromatic carbocycles. The van der Waals surface area contributed by atoms with Crippen LogP contribution in [0.4, 0.5) is 0 Å². The number of hydrogen-bond acceptors (Lipinski definition) is 0. The van der Waals surface area contributed by atoms with E-state index in [4.69, 9.17) is 0 Å². The van der Waals surface area contributed by atoms with E-state index in [0.29, 0.717) is 0 Å². The average Bonchev–Trinajstić information content (AvgIpc) is 2.30. The van der Waals surface area contributed by atoms with Crippen molar-refractivity contribution in [1.82, 2.24) is 0 Å². The molecule has 0 heterocycles. The maximum atomic E-state index is 2.66. The second-order valence-corrected chi connectivity index (χ2v) is 8.26. The third-order valence-corrected chi connectivity index (χ3v) is 5.85. The van der Waals surface area contributed by atoms with Crippen LogP contribution in [0.3, 0.4) is 0 Å². The van der Waals surface area contributed by atoms with E-state index in [1.807, 2.05) is 0 Å². The highest BCUT2D eigenvalue weighted by atomic mass is 127. The Labute approximate surface area is 130 Å². The van der Waals surface area contributed by atoms with Gasteiger partial charge in [-0.3, -0.25) is 0 Å². The predicted molar refractivity (Wildman–Crippen MR) is 93.1 cm³/mol. The van der Waals surface area contributed by atoms with Crippen LogP contribution >= 0.6 is 45.2 Å². The lowest BCUT2D eigenvalue weighted by Crippen LogP contribution is -1.99. The van der Waals surface area contributed by atoms with E-state index in [1.54, 1.807) is 0 Å². The minimum absolute atomic E-state index is 0.912. The molecular weight excluding hydrogens is 422 g/mol. The van der Waals surface area contributed by atoms with Crippen LogP contribution in [0.1, 0.15) is 78.1 Å². The molecule has 0 nitrogen and oxygen atoms in total. The van der Waals surface area contributed by atoms with Gasteiger partial charge in [-0.2, -0.15) is 0 Å². The smallest absolute Gasteiger partial charge is 0.0110 e. The highest BCUT2D eigenvalue weighted by molar-refractivity contribution is 14.1. The van der Waals surface area contributed by atoms with Gasteiger partial charge in [0.25, 0.3) is 0 Å². The van der Waals surface area contributed by atoms with Crippen molar-refractivity contribution >= 4 is 45.2 Å². The van der Waals surface area contributed by atoms with Crippen molar-refractivity contribution in [3.05, 3.63) is 0 Å². The van der Waals surface area contributed by atoms with Crippen LogP contribution in [-0.2, 0) is 0 Å². The molecule has 16 heavy (non-hydrogen) atoms. The average molecular weight is 450 g/mol. The summed E-state index contributed by atoms with van der Waals surface area (Å²) in [7, 11) is 0. The topological polar surface area (TPSA) is 0 Å². The molecule has 0 aliphatic carbocycles. The summed E-state index contributed by atoms with van der Waals surface area (Å²) in [5, 5.41) is 0. The van der Waals surface area contributed by atoms with E-state index in [2.05, 4.69) is 59.0 Å². The first kappa shape index (κ1) is 17.5. The Bertz CT molecular complexity index is 137. The summed E-state index contributed by atoms with van der Waals surface area (Å²) in [5.74, 6) is 0.